The summed E-state index contributed by atoms with van der Waals surface area (Å²) in [5.41, 5.74) is -0.387. The van der Waals surface area contributed by atoms with Crippen LogP contribution >= 0.6 is 0 Å². The third-order valence-electron chi connectivity index (χ3n) is 1.83. The zero-order chi connectivity index (χ0) is 13.6. The molecule has 0 atom stereocenters. The molecule has 0 aliphatic heterocycles. The lowest BCUT2D eigenvalue weighted by Crippen LogP contribution is -2.33. The van der Waals surface area contributed by atoms with Gasteiger partial charge in [-0.25, -0.2) is 0 Å². The van der Waals surface area contributed by atoms with Gasteiger partial charge in [0.15, 0.2) is 0 Å². The van der Waals surface area contributed by atoms with Gasteiger partial charge in [-0.1, -0.05) is 13.8 Å². The summed E-state index contributed by atoms with van der Waals surface area (Å²) in [4.78, 5) is 9.66. The Balaban J connectivity index is 0.00000121. The van der Waals surface area contributed by atoms with Crippen molar-refractivity contribution in [1.29, 1.82) is 0 Å². The van der Waals surface area contributed by atoms with Crippen molar-refractivity contribution in [3.63, 3.8) is 0 Å². The summed E-state index contributed by atoms with van der Waals surface area (Å²) < 4.78 is 36.6. The zero-order valence-corrected chi connectivity index (χ0v) is 9.65. The Morgan fingerprint density at radius 3 is 1.88 bits per heavy atom. The van der Waals surface area contributed by atoms with Crippen LogP contribution in [0.15, 0.2) is 24.3 Å². The first-order chi connectivity index (χ1) is 7.82. The molecule has 7 heteroatoms. The number of non-ortho nitro benzene ring substituents is 1. The Bertz CT molecular complexity index is 363. The highest BCUT2D eigenvalue weighted by Gasteiger charge is 2.34. The minimum Gasteiger partial charge on any atom is -0.287 e. The molecular weight excluding hydrogens is 237 g/mol. The minimum absolute atomic E-state index is 0.0801. The van der Waals surface area contributed by atoms with Gasteiger partial charge >= 0.3 is 6.30 Å². The van der Waals surface area contributed by atoms with Crippen molar-refractivity contribution in [1.82, 2.24) is 0 Å². The van der Waals surface area contributed by atoms with Crippen molar-refractivity contribution in [3.8, 4) is 0 Å². The summed E-state index contributed by atoms with van der Waals surface area (Å²) in [7, 11) is 0.848. The van der Waals surface area contributed by atoms with Crippen LogP contribution < -0.4 is 4.90 Å². The Morgan fingerprint density at radius 2 is 1.59 bits per heavy atom. The van der Waals surface area contributed by atoms with Crippen molar-refractivity contribution in [2.45, 2.75) is 20.1 Å². The first-order valence-electron chi connectivity index (χ1n) is 4.87. The van der Waals surface area contributed by atoms with E-state index in [2.05, 4.69) is 0 Å². The third-order valence-corrected chi connectivity index (χ3v) is 1.83. The topological polar surface area (TPSA) is 46.4 Å². The number of nitro benzene ring substituents is 1. The Morgan fingerprint density at radius 1 is 1.18 bits per heavy atom. The maximum absolute atomic E-state index is 12.2. The lowest BCUT2D eigenvalue weighted by Gasteiger charge is -2.21. The van der Waals surface area contributed by atoms with E-state index in [1.165, 1.54) is 0 Å². The van der Waals surface area contributed by atoms with Crippen LogP contribution in [0.1, 0.15) is 13.8 Å². The number of benzene rings is 1. The molecule has 0 spiro atoms. The second-order valence-electron chi connectivity index (χ2n) is 2.80. The molecule has 0 unspecified atom stereocenters. The molecular formula is C10H13F3N2O2. The van der Waals surface area contributed by atoms with E-state index in [1.54, 1.807) is 0 Å². The Kier molecular flexibility index (Phi) is 5.43. The number of hydrogen-bond acceptors (Lipinski definition) is 3. The van der Waals surface area contributed by atoms with Crippen molar-refractivity contribution >= 4 is 11.4 Å². The first-order valence-corrected chi connectivity index (χ1v) is 4.87. The van der Waals surface area contributed by atoms with Gasteiger partial charge in [0.1, 0.15) is 0 Å². The van der Waals surface area contributed by atoms with E-state index in [1.807, 2.05) is 13.8 Å². The van der Waals surface area contributed by atoms with E-state index in [0.717, 1.165) is 31.3 Å². The number of alkyl halides is 3. The summed E-state index contributed by atoms with van der Waals surface area (Å²) in [6, 6.07) is 4.15. The molecule has 1 aromatic carbocycles. The fourth-order valence-corrected chi connectivity index (χ4v) is 0.944. The molecule has 0 radical (unpaired) electrons. The normalized spacial score (nSPS) is 10.2. The molecule has 0 aliphatic carbocycles. The summed E-state index contributed by atoms with van der Waals surface area (Å²) in [5.74, 6) is 0. The molecule has 0 amide bonds. The van der Waals surface area contributed by atoms with Crippen LogP contribution in [0.25, 0.3) is 0 Å². The molecule has 0 aliphatic rings. The quantitative estimate of drug-likeness (QED) is 0.458. The number of nitrogens with zero attached hydrogens (tertiary/aromatic N) is 2. The molecule has 1 rings (SSSR count). The minimum atomic E-state index is -4.49. The molecule has 0 saturated carbocycles. The summed E-state index contributed by atoms with van der Waals surface area (Å²) in [5, 5.41) is 10.2. The van der Waals surface area contributed by atoms with E-state index in [9.17, 15) is 23.3 Å². The smallest absolute Gasteiger partial charge is 0.287 e. The lowest BCUT2D eigenvalue weighted by molar-refractivity contribution is -0.384. The highest BCUT2D eigenvalue weighted by Crippen LogP contribution is 2.27. The highest BCUT2D eigenvalue weighted by atomic mass is 19.4. The zero-order valence-electron chi connectivity index (χ0n) is 9.65. The highest BCUT2D eigenvalue weighted by molar-refractivity contribution is 5.50. The van der Waals surface area contributed by atoms with Gasteiger partial charge in [-0.05, 0) is 12.1 Å². The van der Waals surface area contributed by atoms with Gasteiger partial charge in [0, 0.05) is 24.9 Å². The maximum atomic E-state index is 12.2. The molecule has 0 heterocycles. The average molecular weight is 250 g/mol. The molecule has 4 nitrogen and oxygen atoms in total. The Labute approximate surface area is 96.8 Å². The van der Waals surface area contributed by atoms with Crippen LogP contribution in [0.2, 0.25) is 0 Å². The largest absolute Gasteiger partial charge is 0.484 e. The monoisotopic (exact) mass is 250 g/mol. The van der Waals surface area contributed by atoms with Crippen LogP contribution in [0.3, 0.4) is 0 Å². The van der Waals surface area contributed by atoms with Gasteiger partial charge < -0.3 is 0 Å². The summed E-state index contributed by atoms with van der Waals surface area (Å²) >= 11 is 0. The lowest BCUT2D eigenvalue weighted by atomic mass is 10.3. The molecule has 0 bridgehead atoms. The maximum Gasteiger partial charge on any atom is 0.484 e. The first kappa shape index (κ1) is 15.2. The van der Waals surface area contributed by atoms with Crippen LogP contribution in [0.5, 0.6) is 0 Å². The van der Waals surface area contributed by atoms with E-state index in [-0.39, 0.29) is 16.3 Å². The van der Waals surface area contributed by atoms with Gasteiger partial charge in [0.05, 0.1) is 4.92 Å². The molecule has 0 fully saturated rings. The fourth-order valence-electron chi connectivity index (χ4n) is 0.944. The second kappa shape index (κ2) is 6.07. The standard InChI is InChI=1S/C8H7F3N2O2.C2H6/c1-12(8(9,10)11)6-2-4-7(5-3-6)13(14)15;1-2/h2-5H,1H3;1-2H3. The molecule has 0 saturated heterocycles. The SMILES string of the molecule is CC.CN(c1ccc([N+](=O)[O-])cc1)C(F)(F)F. The fraction of sp³-hybridized carbons (Fsp3) is 0.400. The van der Waals surface area contributed by atoms with Gasteiger partial charge in [-0.15, -0.1) is 0 Å². The van der Waals surface area contributed by atoms with Crippen LogP contribution in [0.4, 0.5) is 24.5 Å². The van der Waals surface area contributed by atoms with Crippen LogP contribution in [-0.2, 0) is 0 Å². The molecule has 96 valence electrons. The van der Waals surface area contributed by atoms with Gasteiger partial charge in [-0.3, -0.25) is 15.0 Å². The van der Waals surface area contributed by atoms with Crippen molar-refractivity contribution < 1.29 is 18.1 Å². The van der Waals surface area contributed by atoms with Crippen molar-refractivity contribution in [2.75, 3.05) is 11.9 Å². The van der Waals surface area contributed by atoms with E-state index in [4.69, 9.17) is 0 Å². The molecule has 0 N–H and O–H groups in total. The number of nitro groups is 1. The number of hydrogen-bond donors (Lipinski definition) is 0. The molecule has 17 heavy (non-hydrogen) atoms. The summed E-state index contributed by atoms with van der Waals surface area (Å²) in [6.07, 6.45) is -4.49. The van der Waals surface area contributed by atoms with Crippen molar-refractivity contribution in [2.24, 2.45) is 0 Å². The number of halogens is 3. The number of rotatable bonds is 2. The second-order valence-corrected chi connectivity index (χ2v) is 2.80. The predicted octanol–water partition coefficient (Wildman–Crippen LogP) is 3.58. The van der Waals surface area contributed by atoms with E-state index in [0.29, 0.717) is 0 Å². The van der Waals surface area contributed by atoms with Gasteiger partial charge in [0.2, 0.25) is 0 Å². The van der Waals surface area contributed by atoms with Crippen LogP contribution in [-0.4, -0.2) is 18.3 Å². The third kappa shape index (κ3) is 4.29. The van der Waals surface area contributed by atoms with E-state index < -0.39 is 11.2 Å². The van der Waals surface area contributed by atoms with Crippen LogP contribution in [0, 0.1) is 10.1 Å². The molecule has 1 aromatic rings. The Hall–Kier alpha value is -1.79. The number of anilines is 1. The predicted molar refractivity (Wildman–Crippen MR) is 58.9 cm³/mol. The molecule has 0 aromatic heterocycles. The van der Waals surface area contributed by atoms with Gasteiger partial charge in [0.25, 0.3) is 5.69 Å². The van der Waals surface area contributed by atoms with Gasteiger partial charge in [-0.2, -0.15) is 13.2 Å². The average Bonchev–Trinajstić information content (AvgIpc) is 2.29. The van der Waals surface area contributed by atoms with Crippen molar-refractivity contribution in [3.05, 3.63) is 34.4 Å². The van der Waals surface area contributed by atoms with E-state index >= 15 is 0 Å². The summed E-state index contributed by atoms with van der Waals surface area (Å²) in [6.45, 7) is 4.00.